The third-order valence-electron chi connectivity index (χ3n) is 5.42. The van der Waals surface area contributed by atoms with Crippen molar-refractivity contribution in [3.63, 3.8) is 0 Å². The minimum atomic E-state index is -0.231. The van der Waals surface area contributed by atoms with Crippen LogP contribution in [0.25, 0.3) is 0 Å². The number of rotatable bonds is 5. The van der Waals surface area contributed by atoms with Gasteiger partial charge in [-0.05, 0) is 36.3 Å². The summed E-state index contributed by atoms with van der Waals surface area (Å²) in [5.74, 6) is 0.420. The van der Waals surface area contributed by atoms with E-state index in [0.717, 1.165) is 13.1 Å². The number of nitrogens with zero attached hydrogens (tertiary/aromatic N) is 1. The van der Waals surface area contributed by atoms with E-state index < -0.39 is 0 Å². The second-order valence-electron chi connectivity index (χ2n) is 7.03. The number of carbonyl (C=O) groups is 1. The van der Waals surface area contributed by atoms with Gasteiger partial charge in [0.2, 0.25) is 5.91 Å². The fourth-order valence-corrected chi connectivity index (χ4v) is 3.94. The van der Waals surface area contributed by atoms with Gasteiger partial charge in [-0.25, -0.2) is 0 Å². The van der Waals surface area contributed by atoms with Crippen molar-refractivity contribution in [2.75, 3.05) is 13.2 Å². The minimum absolute atomic E-state index is 0.211. The Morgan fingerprint density at radius 3 is 2.74 bits per heavy atom. The summed E-state index contributed by atoms with van der Waals surface area (Å²) in [7, 11) is 0. The molecule has 4 nitrogen and oxygen atoms in total. The van der Waals surface area contributed by atoms with E-state index in [1.165, 1.54) is 36.8 Å². The molecule has 1 aromatic rings. The van der Waals surface area contributed by atoms with Gasteiger partial charge < -0.3 is 10.5 Å². The summed E-state index contributed by atoms with van der Waals surface area (Å²) in [4.78, 5) is 14.0. The summed E-state index contributed by atoms with van der Waals surface area (Å²) in [5, 5.41) is 0. The first-order valence-electron chi connectivity index (χ1n) is 8.87. The molecule has 0 bridgehead atoms. The number of hydrogen-bond donors (Lipinski definition) is 1. The van der Waals surface area contributed by atoms with Crippen LogP contribution in [0, 0.1) is 5.92 Å². The van der Waals surface area contributed by atoms with Crippen molar-refractivity contribution in [3.8, 4) is 0 Å². The zero-order valence-corrected chi connectivity index (χ0v) is 14.0. The number of amides is 1. The number of benzene rings is 1. The molecule has 1 fully saturated rings. The van der Waals surface area contributed by atoms with Gasteiger partial charge in [-0.15, -0.1) is 0 Å². The van der Waals surface area contributed by atoms with Crippen molar-refractivity contribution < 1.29 is 9.53 Å². The molecule has 1 heterocycles. The molecule has 1 saturated carbocycles. The van der Waals surface area contributed by atoms with Crippen LogP contribution in [-0.4, -0.2) is 36.1 Å². The monoisotopic (exact) mass is 316 g/mol. The summed E-state index contributed by atoms with van der Waals surface area (Å²) in [6.45, 7) is 4.52. The van der Waals surface area contributed by atoms with Crippen LogP contribution in [-0.2, 0) is 22.5 Å². The normalized spacial score (nSPS) is 28.3. The molecule has 23 heavy (non-hydrogen) atoms. The lowest BCUT2D eigenvalue weighted by Gasteiger charge is -2.36. The van der Waals surface area contributed by atoms with E-state index in [1.807, 2.05) is 6.07 Å². The van der Waals surface area contributed by atoms with E-state index in [9.17, 15) is 4.79 Å². The molecule has 0 unspecified atom stereocenters. The van der Waals surface area contributed by atoms with Crippen LogP contribution < -0.4 is 5.73 Å². The van der Waals surface area contributed by atoms with Gasteiger partial charge in [-0.1, -0.05) is 44.0 Å². The Hall–Kier alpha value is -1.39. The Labute approximate surface area is 139 Å². The van der Waals surface area contributed by atoms with Crippen LogP contribution in [0.1, 0.15) is 43.7 Å². The van der Waals surface area contributed by atoms with Crippen LogP contribution in [0.5, 0.6) is 0 Å². The van der Waals surface area contributed by atoms with Crippen molar-refractivity contribution in [1.29, 1.82) is 0 Å². The maximum Gasteiger partial charge on any atom is 0.235 e. The van der Waals surface area contributed by atoms with Gasteiger partial charge in [0, 0.05) is 13.1 Å². The van der Waals surface area contributed by atoms with E-state index in [-0.39, 0.29) is 11.9 Å². The highest BCUT2D eigenvalue weighted by atomic mass is 16.5. The molecule has 0 aromatic heterocycles. The molecule has 2 aliphatic rings. The standard InChI is InChI=1S/C19H28N2O2/c1-14-6-2-5-9-18(14)23-11-10-21-13-16-8-4-3-7-15(16)12-17(21)19(20)22/h3-4,7-8,14,17-18H,2,5-6,9-13H2,1H3,(H2,20,22)/t14-,17+,18-/m1/s1. The Morgan fingerprint density at radius 1 is 1.26 bits per heavy atom. The maximum absolute atomic E-state index is 11.8. The molecular weight excluding hydrogens is 288 g/mol. The van der Waals surface area contributed by atoms with Crippen LogP contribution >= 0.6 is 0 Å². The lowest BCUT2D eigenvalue weighted by molar-refractivity contribution is -0.124. The second-order valence-corrected chi connectivity index (χ2v) is 7.03. The molecule has 1 aromatic carbocycles. The zero-order chi connectivity index (χ0) is 16.2. The third kappa shape index (κ3) is 3.93. The Morgan fingerprint density at radius 2 is 2.00 bits per heavy atom. The number of fused-ring (bicyclic) bond motifs is 1. The molecule has 2 N–H and O–H groups in total. The molecule has 3 rings (SSSR count). The fourth-order valence-electron chi connectivity index (χ4n) is 3.94. The van der Waals surface area contributed by atoms with Crippen LogP contribution in [0.3, 0.4) is 0 Å². The van der Waals surface area contributed by atoms with Crippen molar-refractivity contribution in [2.24, 2.45) is 11.7 Å². The average molecular weight is 316 g/mol. The van der Waals surface area contributed by atoms with E-state index in [0.29, 0.717) is 25.0 Å². The molecular formula is C19H28N2O2. The first-order valence-corrected chi connectivity index (χ1v) is 8.87. The Bertz CT molecular complexity index is 546. The summed E-state index contributed by atoms with van der Waals surface area (Å²) < 4.78 is 6.12. The highest BCUT2D eigenvalue weighted by Gasteiger charge is 2.30. The van der Waals surface area contributed by atoms with Crippen molar-refractivity contribution >= 4 is 5.91 Å². The Kier molecular flexibility index (Phi) is 5.34. The van der Waals surface area contributed by atoms with Gasteiger partial charge >= 0.3 is 0 Å². The topological polar surface area (TPSA) is 55.6 Å². The van der Waals surface area contributed by atoms with E-state index in [2.05, 4.69) is 30.0 Å². The molecule has 0 radical (unpaired) electrons. The first kappa shape index (κ1) is 16.5. The van der Waals surface area contributed by atoms with Crippen molar-refractivity contribution in [3.05, 3.63) is 35.4 Å². The van der Waals surface area contributed by atoms with Gasteiger partial charge in [0.15, 0.2) is 0 Å². The number of nitrogens with two attached hydrogens (primary N) is 1. The summed E-state index contributed by atoms with van der Waals surface area (Å²) in [5.41, 5.74) is 8.18. The molecule has 1 amide bonds. The first-order chi connectivity index (χ1) is 11.1. The lowest BCUT2D eigenvalue weighted by Crippen LogP contribution is -2.49. The van der Waals surface area contributed by atoms with E-state index in [1.54, 1.807) is 0 Å². The minimum Gasteiger partial charge on any atom is -0.377 e. The van der Waals surface area contributed by atoms with Gasteiger partial charge in [0.05, 0.1) is 18.8 Å². The quantitative estimate of drug-likeness (QED) is 0.908. The third-order valence-corrected chi connectivity index (χ3v) is 5.42. The zero-order valence-electron chi connectivity index (χ0n) is 14.0. The van der Waals surface area contributed by atoms with Gasteiger partial charge in [-0.3, -0.25) is 9.69 Å². The molecule has 0 spiro atoms. The highest BCUT2D eigenvalue weighted by molar-refractivity contribution is 5.80. The van der Waals surface area contributed by atoms with Crippen LogP contribution in [0.15, 0.2) is 24.3 Å². The second kappa shape index (κ2) is 7.45. The fraction of sp³-hybridized carbons (Fsp3) is 0.632. The number of ether oxygens (including phenoxy) is 1. The van der Waals surface area contributed by atoms with Crippen LogP contribution in [0.4, 0.5) is 0 Å². The predicted octanol–water partition coefficient (Wildman–Crippen LogP) is 2.49. The van der Waals surface area contributed by atoms with Crippen molar-refractivity contribution in [2.45, 2.75) is 57.7 Å². The van der Waals surface area contributed by atoms with Crippen molar-refractivity contribution in [1.82, 2.24) is 4.90 Å². The number of carbonyl (C=O) groups excluding carboxylic acids is 1. The summed E-state index contributed by atoms with van der Waals surface area (Å²) in [6, 6.07) is 8.12. The SMILES string of the molecule is C[C@@H]1CCCC[C@H]1OCCN1Cc2ccccc2C[C@H]1C(N)=O. The molecule has 1 aliphatic heterocycles. The van der Waals surface area contributed by atoms with Gasteiger partial charge in [-0.2, -0.15) is 0 Å². The summed E-state index contributed by atoms with van der Waals surface area (Å²) >= 11 is 0. The molecule has 3 atom stereocenters. The smallest absolute Gasteiger partial charge is 0.235 e. The number of hydrogen-bond acceptors (Lipinski definition) is 3. The average Bonchev–Trinajstić information content (AvgIpc) is 2.56. The molecule has 1 aliphatic carbocycles. The van der Waals surface area contributed by atoms with E-state index in [4.69, 9.17) is 10.5 Å². The van der Waals surface area contributed by atoms with E-state index >= 15 is 0 Å². The highest BCUT2D eigenvalue weighted by Crippen LogP contribution is 2.27. The number of primary amides is 1. The van der Waals surface area contributed by atoms with Gasteiger partial charge in [0.25, 0.3) is 0 Å². The molecule has 4 heteroatoms. The predicted molar refractivity (Wildman–Crippen MR) is 90.9 cm³/mol. The maximum atomic E-state index is 11.8. The largest absolute Gasteiger partial charge is 0.377 e. The van der Waals surface area contributed by atoms with Gasteiger partial charge in [0.1, 0.15) is 0 Å². The molecule has 0 saturated heterocycles. The molecule has 126 valence electrons. The van der Waals surface area contributed by atoms with Crippen LogP contribution in [0.2, 0.25) is 0 Å². The summed E-state index contributed by atoms with van der Waals surface area (Å²) in [6.07, 6.45) is 6.14. The Balaban J connectivity index is 1.58. The lowest BCUT2D eigenvalue weighted by atomic mass is 9.88.